The normalized spacial score (nSPS) is 11.1. The van der Waals surface area contributed by atoms with Gasteiger partial charge in [-0.15, -0.1) is 0 Å². The Morgan fingerprint density at radius 1 is 0.760 bits per heavy atom. The highest BCUT2D eigenvalue weighted by atomic mass is 19.2. The molecule has 0 aliphatic rings. The summed E-state index contributed by atoms with van der Waals surface area (Å²) in [6.45, 7) is 3.46. The first kappa shape index (κ1) is 19.6. The summed E-state index contributed by atoms with van der Waals surface area (Å²) >= 11 is 0. The number of benzene rings is 2. The molecule has 0 bridgehead atoms. The maximum Gasteiger partial charge on any atom is 0.167 e. The minimum atomic E-state index is -1.11. The summed E-state index contributed by atoms with van der Waals surface area (Å²) in [5.74, 6) is -2.82. The van der Waals surface area contributed by atoms with Crippen LogP contribution in [-0.4, -0.2) is 0 Å². The standard InChI is InChI=1S/C22H27F3/c1-3-4-5-6-7-8-9-10-17-11-13-18(14-12-17)19-15-20(23)16(2)21(24)22(19)25/h11-15H,3-10H2,1-2H3. The molecule has 0 heterocycles. The maximum atomic E-state index is 14.1. The maximum absolute atomic E-state index is 14.1. The van der Waals surface area contributed by atoms with Crippen molar-refractivity contribution in [1.29, 1.82) is 0 Å². The van der Waals surface area contributed by atoms with Crippen LogP contribution < -0.4 is 0 Å². The van der Waals surface area contributed by atoms with Crippen LogP contribution in [0.5, 0.6) is 0 Å². The van der Waals surface area contributed by atoms with Gasteiger partial charge in [-0.1, -0.05) is 69.7 Å². The Balaban J connectivity index is 1.92. The van der Waals surface area contributed by atoms with Gasteiger partial charge in [0.05, 0.1) is 0 Å². The molecule has 0 aliphatic carbocycles. The SMILES string of the molecule is CCCCCCCCCc1ccc(-c2cc(F)c(C)c(F)c2F)cc1. The molecule has 25 heavy (non-hydrogen) atoms. The van der Waals surface area contributed by atoms with E-state index >= 15 is 0 Å². The van der Waals surface area contributed by atoms with E-state index < -0.39 is 17.5 Å². The lowest BCUT2D eigenvalue weighted by Crippen LogP contribution is -1.97. The smallest absolute Gasteiger partial charge is 0.167 e. The number of aryl methyl sites for hydroxylation is 1. The monoisotopic (exact) mass is 348 g/mol. The number of unbranched alkanes of at least 4 members (excludes halogenated alkanes) is 6. The summed E-state index contributed by atoms with van der Waals surface area (Å²) in [5, 5.41) is 0. The second-order valence-electron chi connectivity index (χ2n) is 6.73. The number of hydrogen-bond acceptors (Lipinski definition) is 0. The van der Waals surface area contributed by atoms with Crippen LogP contribution in [0.3, 0.4) is 0 Å². The van der Waals surface area contributed by atoms with Gasteiger partial charge in [-0.05, 0) is 37.0 Å². The van der Waals surface area contributed by atoms with Crippen LogP contribution >= 0.6 is 0 Å². The Bertz CT molecular complexity index is 675. The third-order valence-electron chi connectivity index (χ3n) is 4.72. The molecule has 0 saturated heterocycles. The van der Waals surface area contributed by atoms with E-state index in [4.69, 9.17) is 0 Å². The minimum Gasteiger partial charge on any atom is -0.207 e. The lowest BCUT2D eigenvalue weighted by atomic mass is 9.99. The highest BCUT2D eigenvalue weighted by Crippen LogP contribution is 2.28. The molecule has 0 aliphatic heterocycles. The van der Waals surface area contributed by atoms with Gasteiger partial charge in [0.25, 0.3) is 0 Å². The summed E-state index contributed by atoms with van der Waals surface area (Å²) in [6, 6.07) is 8.38. The van der Waals surface area contributed by atoms with Gasteiger partial charge < -0.3 is 0 Å². The molecule has 0 nitrogen and oxygen atoms in total. The molecule has 0 spiro atoms. The Morgan fingerprint density at radius 3 is 2.00 bits per heavy atom. The van der Waals surface area contributed by atoms with Gasteiger partial charge in [0, 0.05) is 11.1 Å². The van der Waals surface area contributed by atoms with Crippen molar-refractivity contribution in [2.45, 2.75) is 65.2 Å². The average Bonchev–Trinajstić information content (AvgIpc) is 2.63. The molecule has 0 N–H and O–H groups in total. The predicted octanol–water partition coefficient (Wildman–Crippen LogP) is 7.37. The molecule has 0 unspecified atom stereocenters. The van der Waals surface area contributed by atoms with Crippen LogP contribution in [0.1, 0.15) is 63.0 Å². The zero-order valence-corrected chi connectivity index (χ0v) is 15.2. The lowest BCUT2D eigenvalue weighted by Gasteiger charge is -2.09. The van der Waals surface area contributed by atoms with E-state index in [0.717, 1.165) is 18.9 Å². The lowest BCUT2D eigenvalue weighted by molar-refractivity contribution is 0.489. The molecular weight excluding hydrogens is 321 g/mol. The van der Waals surface area contributed by atoms with Gasteiger partial charge in [-0.3, -0.25) is 0 Å². The van der Waals surface area contributed by atoms with E-state index in [0.29, 0.717) is 5.56 Å². The van der Waals surface area contributed by atoms with Crippen molar-refractivity contribution < 1.29 is 13.2 Å². The first-order chi connectivity index (χ1) is 12.0. The molecule has 2 aromatic carbocycles. The molecule has 136 valence electrons. The Kier molecular flexibility index (Phi) is 7.54. The molecule has 3 heteroatoms. The zero-order valence-electron chi connectivity index (χ0n) is 15.2. The van der Waals surface area contributed by atoms with Crippen LogP contribution in [0, 0.1) is 24.4 Å². The molecule has 2 rings (SSSR count). The quantitative estimate of drug-likeness (QED) is 0.328. The second-order valence-corrected chi connectivity index (χ2v) is 6.73. The average molecular weight is 348 g/mol. The molecule has 0 aromatic heterocycles. The van der Waals surface area contributed by atoms with Gasteiger partial charge in [0.15, 0.2) is 11.6 Å². The largest absolute Gasteiger partial charge is 0.207 e. The van der Waals surface area contributed by atoms with E-state index in [-0.39, 0.29) is 11.1 Å². The molecule has 0 amide bonds. The fourth-order valence-corrected chi connectivity index (χ4v) is 3.03. The summed E-state index contributed by atoms with van der Waals surface area (Å²) < 4.78 is 41.5. The number of hydrogen-bond donors (Lipinski definition) is 0. The topological polar surface area (TPSA) is 0 Å². The van der Waals surface area contributed by atoms with Crippen LogP contribution in [-0.2, 0) is 6.42 Å². The van der Waals surface area contributed by atoms with E-state index in [9.17, 15) is 13.2 Å². The van der Waals surface area contributed by atoms with Crippen LogP contribution in [0.2, 0.25) is 0 Å². The van der Waals surface area contributed by atoms with Gasteiger partial charge in [-0.25, -0.2) is 13.2 Å². The fourth-order valence-electron chi connectivity index (χ4n) is 3.03. The van der Waals surface area contributed by atoms with Crippen LogP contribution in [0.4, 0.5) is 13.2 Å². The number of halogens is 3. The molecule has 0 atom stereocenters. The van der Waals surface area contributed by atoms with Crippen molar-refractivity contribution in [3.8, 4) is 11.1 Å². The summed E-state index contributed by atoms with van der Waals surface area (Å²) in [5.41, 5.74) is 1.37. The van der Waals surface area contributed by atoms with Crippen molar-refractivity contribution in [3.05, 3.63) is 58.9 Å². The van der Waals surface area contributed by atoms with Crippen molar-refractivity contribution in [2.75, 3.05) is 0 Å². The summed E-state index contributed by atoms with van der Waals surface area (Å²) in [7, 11) is 0. The first-order valence-electron chi connectivity index (χ1n) is 9.28. The zero-order chi connectivity index (χ0) is 18.2. The van der Waals surface area contributed by atoms with Crippen molar-refractivity contribution in [3.63, 3.8) is 0 Å². The highest BCUT2D eigenvalue weighted by Gasteiger charge is 2.16. The van der Waals surface area contributed by atoms with Crippen LogP contribution in [0.25, 0.3) is 11.1 Å². The first-order valence-corrected chi connectivity index (χ1v) is 9.28. The van der Waals surface area contributed by atoms with Gasteiger partial charge in [0.2, 0.25) is 0 Å². The van der Waals surface area contributed by atoms with Crippen molar-refractivity contribution in [2.24, 2.45) is 0 Å². The van der Waals surface area contributed by atoms with Crippen LogP contribution in [0.15, 0.2) is 30.3 Å². The Morgan fingerprint density at radius 2 is 1.36 bits per heavy atom. The predicted molar refractivity (Wildman–Crippen MR) is 98.2 cm³/mol. The fraction of sp³-hybridized carbons (Fsp3) is 0.455. The Hall–Kier alpha value is -1.77. The van der Waals surface area contributed by atoms with E-state index in [1.165, 1.54) is 51.0 Å². The molecule has 0 saturated carbocycles. The van der Waals surface area contributed by atoms with Crippen molar-refractivity contribution in [1.82, 2.24) is 0 Å². The molecular formula is C22H27F3. The highest BCUT2D eigenvalue weighted by molar-refractivity contribution is 5.65. The minimum absolute atomic E-state index is 0.0249. The van der Waals surface area contributed by atoms with E-state index in [1.54, 1.807) is 12.1 Å². The van der Waals surface area contributed by atoms with Gasteiger partial charge in [-0.2, -0.15) is 0 Å². The summed E-state index contributed by atoms with van der Waals surface area (Å²) in [4.78, 5) is 0. The third kappa shape index (κ3) is 5.35. The molecule has 2 aromatic rings. The van der Waals surface area contributed by atoms with E-state index in [2.05, 4.69) is 6.92 Å². The molecule has 0 fully saturated rings. The van der Waals surface area contributed by atoms with E-state index in [1.807, 2.05) is 12.1 Å². The summed E-state index contributed by atoms with van der Waals surface area (Å²) in [6.07, 6.45) is 9.80. The van der Waals surface area contributed by atoms with Gasteiger partial charge >= 0.3 is 0 Å². The molecule has 0 radical (unpaired) electrons. The van der Waals surface area contributed by atoms with Gasteiger partial charge in [0.1, 0.15) is 5.82 Å². The number of rotatable bonds is 9. The third-order valence-corrected chi connectivity index (χ3v) is 4.72. The Labute approximate surface area is 149 Å². The second kappa shape index (κ2) is 9.65. The van der Waals surface area contributed by atoms with Crippen molar-refractivity contribution >= 4 is 0 Å².